The molecule has 2 aromatic carbocycles. The Hall–Kier alpha value is -3.15. The Morgan fingerprint density at radius 3 is 2.86 bits per heavy atom. The average molecular weight is 391 g/mol. The fraction of sp³-hybridized carbons (Fsp3) is 0.304. The van der Waals surface area contributed by atoms with Crippen LogP contribution in [0.1, 0.15) is 23.1 Å². The van der Waals surface area contributed by atoms with Crippen molar-refractivity contribution in [1.29, 1.82) is 0 Å². The van der Waals surface area contributed by atoms with Gasteiger partial charge in [-0.05, 0) is 59.7 Å². The zero-order valence-corrected chi connectivity index (χ0v) is 16.2. The van der Waals surface area contributed by atoms with E-state index in [-0.39, 0.29) is 36.9 Å². The number of fused-ring (bicyclic) bond motifs is 3. The molecule has 0 spiro atoms. The third-order valence-corrected chi connectivity index (χ3v) is 6.17. The van der Waals surface area contributed by atoms with E-state index in [0.29, 0.717) is 23.7 Å². The Labute approximate surface area is 168 Å². The van der Waals surface area contributed by atoms with Crippen LogP contribution in [0, 0.1) is 18.7 Å². The topological polar surface area (TPSA) is 52.7 Å². The van der Waals surface area contributed by atoms with Crippen molar-refractivity contribution in [3.63, 3.8) is 0 Å². The standard InChI is InChI=1S/C23H22FN3O2/c1-14-4-2-3-5-18(14)19-8-15-9-21(19)27(11-15)22(28)13-26-12-16-10-17(24)6-7-20(16)25-23(26)29/h2-8,10,15,21H,9,11-13H2,1H3,(H,25,29)/t15-,21-/m1/s1. The van der Waals surface area contributed by atoms with E-state index in [1.807, 2.05) is 17.0 Å². The van der Waals surface area contributed by atoms with E-state index < -0.39 is 0 Å². The van der Waals surface area contributed by atoms with Crippen molar-refractivity contribution in [3.8, 4) is 0 Å². The number of rotatable bonds is 3. The summed E-state index contributed by atoms with van der Waals surface area (Å²) in [6.45, 7) is 3.00. The van der Waals surface area contributed by atoms with Gasteiger partial charge in [-0.15, -0.1) is 0 Å². The molecule has 1 fully saturated rings. The monoisotopic (exact) mass is 391 g/mol. The van der Waals surface area contributed by atoms with Crippen molar-refractivity contribution in [2.24, 2.45) is 5.92 Å². The molecule has 1 N–H and O–H groups in total. The van der Waals surface area contributed by atoms with Gasteiger partial charge in [0.05, 0.1) is 12.6 Å². The fourth-order valence-electron chi connectivity index (χ4n) is 4.76. The van der Waals surface area contributed by atoms with Crippen molar-refractivity contribution < 1.29 is 14.0 Å². The number of nitrogens with zero attached hydrogens (tertiary/aromatic N) is 2. The van der Waals surface area contributed by atoms with Gasteiger partial charge >= 0.3 is 6.03 Å². The lowest BCUT2D eigenvalue weighted by molar-refractivity contribution is -0.132. The second kappa shape index (κ2) is 6.72. The van der Waals surface area contributed by atoms with E-state index in [4.69, 9.17) is 0 Å². The number of benzene rings is 2. The summed E-state index contributed by atoms with van der Waals surface area (Å²) in [6, 6.07) is 12.3. The van der Waals surface area contributed by atoms with Crippen molar-refractivity contribution in [1.82, 2.24) is 9.80 Å². The molecule has 5 nitrogen and oxygen atoms in total. The van der Waals surface area contributed by atoms with Crippen molar-refractivity contribution in [3.05, 3.63) is 71.0 Å². The van der Waals surface area contributed by atoms with Gasteiger partial charge in [-0.3, -0.25) is 4.79 Å². The Kier molecular flexibility index (Phi) is 4.15. The van der Waals surface area contributed by atoms with E-state index in [0.717, 1.165) is 6.42 Å². The summed E-state index contributed by atoms with van der Waals surface area (Å²) in [5, 5.41) is 2.75. The molecule has 0 radical (unpaired) electrons. The summed E-state index contributed by atoms with van der Waals surface area (Å²) in [7, 11) is 0. The summed E-state index contributed by atoms with van der Waals surface area (Å²) in [5.41, 5.74) is 4.89. The van der Waals surface area contributed by atoms with Gasteiger partial charge in [-0.25, -0.2) is 9.18 Å². The third kappa shape index (κ3) is 3.09. The van der Waals surface area contributed by atoms with Gasteiger partial charge in [0.25, 0.3) is 0 Å². The maximum atomic E-state index is 13.6. The van der Waals surface area contributed by atoms with Gasteiger partial charge < -0.3 is 15.1 Å². The summed E-state index contributed by atoms with van der Waals surface area (Å²) < 4.78 is 13.6. The van der Waals surface area contributed by atoms with Crippen molar-refractivity contribution >= 4 is 23.2 Å². The number of amides is 3. The lowest BCUT2D eigenvalue weighted by Gasteiger charge is -2.33. The van der Waals surface area contributed by atoms with E-state index >= 15 is 0 Å². The fourth-order valence-corrected chi connectivity index (χ4v) is 4.76. The zero-order valence-electron chi connectivity index (χ0n) is 16.2. The Balaban J connectivity index is 1.33. The largest absolute Gasteiger partial charge is 0.333 e. The van der Waals surface area contributed by atoms with Crippen molar-refractivity contribution in [2.45, 2.75) is 25.9 Å². The van der Waals surface area contributed by atoms with E-state index in [1.54, 1.807) is 6.07 Å². The molecule has 2 atom stereocenters. The zero-order chi connectivity index (χ0) is 20.1. The lowest BCUT2D eigenvalue weighted by Crippen LogP contribution is -2.48. The number of hydrogen-bond donors (Lipinski definition) is 1. The Morgan fingerprint density at radius 2 is 2.07 bits per heavy atom. The van der Waals surface area contributed by atoms with Gasteiger partial charge in [0.15, 0.2) is 0 Å². The van der Waals surface area contributed by atoms with Gasteiger partial charge in [0.1, 0.15) is 12.4 Å². The first kappa shape index (κ1) is 17.9. The molecule has 0 saturated carbocycles. The van der Waals surface area contributed by atoms with Gasteiger partial charge in [-0.1, -0.05) is 30.3 Å². The van der Waals surface area contributed by atoms with Gasteiger partial charge in [0.2, 0.25) is 5.91 Å². The molecule has 3 aliphatic rings. The normalized spacial score (nSPS) is 22.4. The van der Waals surface area contributed by atoms with E-state index in [1.165, 1.54) is 33.7 Å². The molecule has 2 aliphatic heterocycles. The Bertz CT molecular complexity index is 1050. The number of urea groups is 1. The number of hydrogen-bond acceptors (Lipinski definition) is 2. The van der Waals surface area contributed by atoms with Crippen LogP contribution in [0.2, 0.25) is 0 Å². The van der Waals surface area contributed by atoms with Crippen LogP contribution >= 0.6 is 0 Å². The number of aryl methyl sites for hydroxylation is 1. The average Bonchev–Trinajstić information content (AvgIpc) is 3.30. The van der Waals surface area contributed by atoms with Gasteiger partial charge in [-0.2, -0.15) is 0 Å². The number of anilines is 1. The SMILES string of the molecule is Cc1ccccc1C1=C[C@@H]2C[C@H]1N(C(=O)CN1Cc3cc(F)ccc3NC1=O)C2. The predicted molar refractivity (Wildman–Crippen MR) is 109 cm³/mol. The molecule has 1 aliphatic carbocycles. The smallest absolute Gasteiger partial charge is 0.322 e. The molecule has 148 valence electrons. The van der Waals surface area contributed by atoms with Crippen LogP contribution in [0.3, 0.4) is 0 Å². The quantitative estimate of drug-likeness (QED) is 0.865. The highest BCUT2D eigenvalue weighted by molar-refractivity contribution is 5.95. The van der Waals surface area contributed by atoms with Crippen LogP contribution in [-0.2, 0) is 11.3 Å². The number of likely N-dealkylation sites (tertiary alicyclic amines) is 1. The van der Waals surface area contributed by atoms with Gasteiger partial charge in [0, 0.05) is 12.2 Å². The predicted octanol–water partition coefficient (Wildman–Crippen LogP) is 3.80. The molecule has 1 saturated heterocycles. The first-order valence-electron chi connectivity index (χ1n) is 9.91. The first-order chi connectivity index (χ1) is 14.0. The molecule has 2 bridgehead atoms. The lowest BCUT2D eigenvalue weighted by atomic mass is 9.96. The summed E-state index contributed by atoms with van der Waals surface area (Å²) >= 11 is 0. The molecule has 3 amide bonds. The molecule has 0 unspecified atom stereocenters. The number of halogens is 1. The van der Waals surface area contributed by atoms with Crippen LogP contribution in [0.4, 0.5) is 14.9 Å². The highest BCUT2D eigenvalue weighted by atomic mass is 19.1. The number of carbonyl (C=O) groups is 2. The molecule has 6 heteroatoms. The highest BCUT2D eigenvalue weighted by Crippen LogP contribution is 2.42. The van der Waals surface area contributed by atoms with Crippen LogP contribution in [0.25, 0.3) is 5.57 Å². The summed E-state index contributed by atoms with van der Waals surface area (Å²) in [5.74, 6) is -0.0497. The maximum Gasteiger partial charge on any atom is 0.322 e. The van der Waals surface area contributed by atoms with Crippen molar-refractivity contribution in [2.75, 3.05) is 18.4 Å². The number of nitrogens with one attached hydrogen (secondary N) is 1. The molecule has 2 aromatic rings. The maximum absolute atomic E-state index is 13.6. The minimum atomic E-state index is -0.351. The Morgan fingerprint density at radius 1 is 1.24 bits per heavy atom. The van der Waals surface area contributed by atoms with E-state index in [9.17, 15) is 14.0 Å². The van der Waals surface area contributed by atoms with Crippen LogP contribution in [-0.4, -0.2) is 40.9 Å². The van der Waals surface area contributed by atoms with Crippen LogP contribution < -0.4 is 5.32 Å². The van der Waals surface area contributed by atoms with Crippen LogP contribution in [0.15, 0.2) is 48.5 Å². The highest BCUT2D eigenvalue weighted by Gasteiger charge is 2.42. The number of carbonyl (C=O) groups excluding carboxylic acids is 2. The summed E-state index contributed by atoms with van der Waals surface area (Å²) in [6.07, 6.45) is 3.24. The minimum Gasteiger partial charge on any atom is -0.333 e. The molecular weight excluding hydrogens is 369 g/mol. The molecule has 0 aromatic heterocycles. The first-order valence-corrected chi connectivity index (χ1v) is 9.91. The second-order valence-corrected chi connectivity index (χ2v) is 8.08. The minimum absolute atomic E-state index is 0.00788. The third-order valence-electron chi connectivity index (χ3n) is 6.17. The molecule has 29 heavy (non-hydrogen) atoms. The van der Waals surface area contributed by atoms with Crippen LogP contribution in [0.5, 0.6) is 0 Å². The molecule has 5 rings (SSSR count). The van der Waals surface area contributed by atoms with E-state index in [2.05, 4.69) is 30.4 Å². The second-order valence-electron chi connectivity index (χ2n) is 8.08. The summed E-state index contributed by atoms with van der Waals surface area (Å²) in [4.78, 5) is 28.9. The molecular formula is C23H22FN3O2. The molecule has 2 heterocycles.